The van der Waals surface area contributed by atoms with Gasteiger partial charge in [0.25, 0.3) is 5.91 Å². The van der Waals surface area contributed by atoms with Crippen molar-refractivity contribution in [1.29, 1.82) is 0 Å². The van der Waals surface area contributed by atoms with Gasteiger partial charge in [-0.2, -0.15) is 0 Å². The average Bonchev–Trinajstić information content (AvgIpc) is 3.28. The van der Waals surface area contributed by atoms with Crippen molar-refractivity contribution in [1.82, 2.24) is 14.9 Å². The minimum atomic E-state index is -0.161. The van der Waals surface area contributed by atoms with Crippen molar-refractivity contribution in [3.63, 3.8) is 0 Å². The van der Waals surface area contributed by atoms with E-state index in [0.29, 0.717) is 10.7 Å². The van der Waals surface area contributed by atoms with Gasteiger partial charge in [0.15, 0.2) is 0 Å². The Labute approximate surface area is 198 Å². The second-order valence-electron chi connectivity index (χ2n) is 8.32. The Morgan fingerprint density at radius 3 is 2.61 bits per heavy atom. The average molecular weight is 460 g/mol. The topological polar surface area (TPSA) is 64.3 Å². The third kappa shape index (κ3) is 5.02. The highest BCUT2D eigenvalue weighted by Crippen LogP contribution is 2.28. The van der Waals surface area contributed by atoms with Crippen LogP contribution in [0, 0.1) is 0 Å². The number of carbonyl (C=O) groups excluding carboxylic acids is 1. The second kappa shape index (κ2) is 9.65. The molecule has 0 bridgehead atoms. The molecule has 0 atom stereocenters. The zero-order valence-corrected chi connectivity index (χ0v) is 19.1. The molecule has 6 nitrogen and oxygen atoms in total. The van der Waals surface area contributed by atoms with Crippen molar-refractivity contribution in [2.24, 2.45) is 0 Å². The van der Waals surface area contributed by atoms with Crippen LogP contribution in [-0.4, -0.2) is 53.5 Å². The fourth-order valence-corrected chi connectivity index (χ4v) is 4.49. The molecule has 2 aromatic carbocycles. The van der Waals surface area contributed by atoms with Crippen molar-refractivity contribution < 1.29 is 4.79 Å². The molecule has 0 aliphatic carbocycles. The Hall–Kier alpha value is -3.35. The number of anilines is 2. The van der Waals surface area contributed by atoms with Gasteiger partial charge in [0.05, 0.1) is 11.4 Å². The zero-order chi connectivity index (χ0) is 22.6. The first-order chi connectivity index (χ1) is 16.2. The molecule has 168 valence electrons. The number of rotatable bonds is 6. The van der Waals surface area contributed by atoms with Gasteiger partial charge in [0.2, 0.25) is 0 Å². The Bertz CT molecular complexity index is 1250. The van der Waals surface area contributed by atoms with Crippen LogP contribution in [0.3, 0.4) is 0 Å². The van der Waals surface area contributed by atoms with E-state index in [1.165, 1.54) is 5.56 Å². The van der Waals surface area contributed by atoms with E-state index in [1.54, 1.807) is 0 Å². The minimum absolute atomic E-state index is 0.161. The Balaban J connectivity index is 1.23. The van der Waals surface area contributed by atoms with E-state index in [9.17, 15) is 4.79 Å². The van der Waals surface area contributed by atoms with E-state index in [-0.39, 0.29) is 5.91 Å². The molecule has 2 N–H and O–H groups in total. The number of aromatic amines is 1. The number of hydrogen-bond donors (Lipinski definition) is 2. The van der Waals surface area contributed by atoms with Crippen molar-refractivity contribution in [3.8, 4) is 0 Å². The first kappa shape index (κ1) is 21.5. The number of aromatic nitrogens is 2. The van der Waals surface area contributed by atoms with Crippen LogP contribution in [0.1, 0.15) is 16.1 Å². The monoisotopic (exact) mass is 459 g/mol. The summed E-state index contributed by atoms with van der Waals surface area (Å²) in [5.41, 5.74) is 4.56. The number of pyridine rings is 1. The zero-order valence-electron chi connectivity index (χ0n) is 18.3. The van der Waals surface area contributed by atoms with Gasteiger partial charge in [0, 0.05) is 61.0 Å². The van der Waals surface area contributed by atoms with Gasteiger partial charge < -0.3 is 15.2 Å². The number of para-hydroxylation sites is 2. The summed E-state index contributed by atoms with van der Waals surface area (Å²) < 4.78 is 0. The molecule has 0 spiro atoms. The number of halogens is 1. The molecular formula is C26H26ClN5O. The van der Waals surface area contributed by atoms with Gasteiger partial charge in [-0.15, -0.1) is 0 Å². The number of nitrogens with zero attached hydrogens (tertiary/aromatic N) is 3. The van der Waals surface area contributed by atoms with E-state index in [4.69, 9.17) is 11.6 Å². The highest BCUT2D eigenvalue weighted by Gasteiger charge is 2.20. The fourth-order valence-electron chi connectivity index (χ4n) is 4.32. The number of carbonyl (C=O) groups is 1. The van der Waals surface area contributed by atoms with Crippen LogP contribution in [0.2, 0.25) is 5.02 Å². The van der Waals surface area contributed by atoms with E-state index >= 15 is 0 Å². The molecule has 1 aliphatic heterocycles. The predicted octanol–water partition coefficient (Wildman–Crippen LogP) is 4.83. The summed E-state index contributed by atoms with van der Waals surface area (Å²) in [7, 11) is 0. The molecule has 0 saturated carbocycles. The summed E-state index contributed by atoms with van der Waals surface area (Å²) in [5, 5.41) is 4.69. The van der Waals surface area contributed by atoms with Crippen LogP contribution >= 0.6 is 11.6 Å². The normalized spacial score (nSPS) is 14.5. The van der Waals surface area contributed by atoms with Gasteiger partial charge in [-0.1, -0.05) is 29.8 Å². The summed E-state index contributed by atoms with van der Waals surface area (Å²) in [6.45, 7) is 4.88. The van der Waals surface area contributed by atoms with Gasteiger partial charge >= 0.3 is 0 Å². The summed E-state index contributed by atoms with van der Waals surface area (Å²) in [4.78, 5) is 25.1. The number of amides is 1. The lowest BCUT2D eigenvalue weighted by Crippen LogP contribution is -2.47. The molecule has 7 heteroatoms. The SMILES string of the molecule is O=C(Nc1ccccc1N1CCN(CCc2ccncc2)CC1)c1cc2ccc(Cl)cc2[nH]1. The van der Waals surface area contributed by atoms with Crippen molar-refractivity contribution in [2.75, 3.05) is 42.9 Å². The Morgan fingerprint density at radius 2 is 1.79 bits per heavy atom. The van der Waals surface area contributed by atoms with Crippen LogP contribution < -0.4 is 10.2 Å². The molecule has 0 radical (unpaired) electrons. The predicted molar refractivity (Wildman–Crippen MR) is 134 cm³/mol. The Morgan fingerprint density at radius 1 is 1.00 bits per heavy atom. The molecule has 1 aliphatic rings. The lowest BCUT2D eigenvalue weighted by atomic mass is 10.1. The maximum absolute atomic E-state index is 13.0. The van der Waals surface area contributed by atoms with Gasteiger partial charge in [-0.3, -0.25) is 14.7 Å². The quantitative estimate of drug-likeness (QED) is 0.433. The second-order valence-corrected chi connectivity index (χ2v) is 8.76. The van der Waals surface area contributed by atoms with Gasteiger partial charge in [0.1, 0.15) is 5.69 Å². The van der Waals surface area contributed by atoms with Crippen molar-refractivity contribution >= 4 is 39.8 Å². The van der Waals surface area contributed by atoms with Crippen LogP contribution in [-0.2, 0) is 6.42 Å². The van der Waals surface area contributed by atoms with Crippen LogP contribution in [0.25, 0.3) is 10.9 Å². The van der Waals surface area contributed by atoms with Crippen LogP contribution in [0.5, 0.6) is 0 Å². The van der Waals surface area contributed by atoms with Crippen molar-refractivity contribution in [2.45, 2.75) is 6.42 Å². The van der Waals surface area contributed by atoms with E-state index in [1.807, 2.05) is 54.9 Å². The molecule has 5 rings (SSSR count). The molecular weight excluding hydrogens is 434 g/mol. The molecule has 1 amide bonds. The van der Waals surface area contributed by atoms with E-state index < -0.39 is 0 Å². The molecule has 4 aromatic rings. The number of H-pyrrole nitrogens is 1. The Kier molecular flexibility index (Phi) is 6.28. The molecule has 2 aromatic heterocycles. The number of benzene rings is 2. The van der Waals surface area contributed by atoms with Crippen LogP contribution in [0.4, 0.5) is 11.4 Å². The van der Waals surface area contributed by atoms with E-state index in [0.717, 1.165) is 61.4 Å². The lowest BCUT2D eigenvalue weighted by molar-refractivity contribution is 0.102. The largest absolute Gasteiger partial charge is 0.367 e. The maximum atomic E-state index is 13.0. The number of hydrogen-bond acceptors (Lipinski definition) is 4. The number of piperazine rings is 1. The molecule has 0 unspecified atom stereocenters. The maximum Gasteiger partial charge on any atom is 0.272 e. The molecule has 33 heavy (non-hydrogen) atoms. The molecule has 3 heterocycles. The smallest absolute Gasteiger partial charge is 0.272 e. The van der Waals surface area contributed by atoms with Gasteiger partial charge in [-0.05, 0) is 54.4 Å². The fraction of sp³-hybridized carbons (Fsp3) is 0.231. The van der Waals surface area contributed by atoms with Crippen molar-refractivity contribution in [3.05, 3.63) is 89.3 Å². The standard InChI is InChI=1S/C26H26ClN5O/c27-21-6-5-20-17-24(29-23(20)18-21)26(33)30-22-3-1-2-4-25(22)32-15-13-31(14-16-32)12-9-19-7-10-28-11-8-19/h1-8,10-11,17-18,29H,9,12-16H2,(H,30,33). The summed E-state index contributed by atoms with van der Waals surface area (Å²) in [6.07, 6.45) is 4.73. The minimum Gasteiger partial charge on any atom is -0.367 e. The first-order valence-corrected chi connectivity index (χ1v) is 11.6. The number of nitrogens with one attached hydrogen (secondary N) is 2. The number of fused-ring (bicyclic) bond motifs is 1. The third-order valence-electron chi connectivity index (χ3n) is 6.16. The molecule has 1 saturated heterocycles. The first-order valence-electron chi connectivity index (χ1n) is 11.2. The van der Waals surface area contributed by atoms with E-state index in [2.05, 4.69) is 43.3 Å². The third-order valence-corrected chi connectivity index (χ3v) is 6.40. The van der Waals surface area contributed by atoms with Gasteiger partial charge in [-0.25, -0.2) is 0 Å². The summed E-state index contributed by atoms with van der Waals surface area (Å²) in [5.74, 6) is -0.161. The van der Waals surface area contributed by atoms with Crippen LogP contribution in [0.15, 0.2) is 73.1 Å². The summed E-state index contributed by atoms with van der Waals surface area (Å²) >= 11 is 6.07. The highest BCUT2D eigenvalue weighted by atomic mass is 35.5. The molecule has 1 fully saturated rings. The lowest BCUT2D eigenvalue weighted by Gasteiger charge is -2.37. The summed E-state index contributed by atoms with van der Waals surface area (Å²) in [6, 6.07) is 19.6. The highest BCUT2D eigenvalue weighted by molar-refractivity contribution is 6.31.